The number of carbonyl (C=O) groups excluding carboxylic acids is 3. The zero-order valence-electron chi connectivity index (χ0n) is 21.1. The van der Waals surface area contributed by atoms with Crippen LogP contribution in [0, 0.1) is 13.8 Å². The van der Waals surface area contributed by atoms with Crippen LogP contribution in [0.15, 0.2) is 65.6 Å². The van der Waals surface area contributed by atoms with Crippen molar-refractivity contribution in [2.24, 2.45) is 0 Å². The SMILES string of the molecule is CCc1cccc(C)c1NC(=O)COC(=O)c1ccccc1SCC(=O)Nc1c(C)cccc1CC. The van der Waals surface area contributed by atoms with E-state index in [1.54, 1.807) is 24.3 Å². The molecule has 6 nitrogen and oxygen atoms in total. The highest BCUT2D eigenvalue weighted by atomic mass is 32.2. The van der Waals surface area contributed by atoms with Crippen LogP contribution in [0.1, 0.15) is 46.5 Å². The van der Waals surface area contributed by atoms with E-state index in [1.165, 1.54) is 11.8 Å². The van der Waals surface area contributed by atoms with Crippen LogP contribution in [-0.4, -0.2) is 30.1 Å². The summed E-state index contributed by atoms with van der Waals surface area (Å²) in [6.07, 6.45) is 1.59. The topological polar surface area (TPSA) is 84.5 Å². The normalized spacial score (nSPS) is 10.6. The molecule has 0 unspecified atom stereocenters. The van der Waals surface area contributed by atoms with E-state index in [2.05, 4.69) is 10.6 Å². The summed E-state index contributed by atoms with van der Waals surface area (Å²) in [5, 5.41) is 5.85. The van der Waals surface area contributed by atoms with E-state index in [-0.39, 0.29) is 11.7 Å². The predicted octanol–water partition coefficient (Wildman–Crippen LogP) is 5.95. The molecule has 0 radical (unpaired) electrons. The number of thioether (sulfide) groups is 1. The minimum Gasteiger partial charge on any atom is -0.452 e. The van der Waals surface area contributed by atoms with Crippen molar-refractivity contribution in [3.8, 4) is 0 Å². The van der Waals surface area contributed by atoms with Crippen molar-refractivity contribution in [1.29, 1.82) is 0 Å². The second kappa shape index (κ2) is 12.9. The van der Waals surface area contributed by atoms with E-state index in [0.29, 0.717) is 10.5 Å². The van der Waals surface area contributed by atoms with Crippen LogP contribution < -0.4 is 10.6 Å². The number of anilines is 2. The molecular formula is C29H32N2O4S. The van der Waals surface area contributed by atoms with Gasteiger partial charge in [-0.3, -0.25) is 9.59 Å². The van der Waals surface area contributed by atoms with Crippen molar-refractivity contribution in [2.45, 2.75) is 45.4 Å². The zero-order valence-corrected chi connectivity index (χ0v) is 22.0. The van der Waals surface area contributed by atoms with Crippen molar-refractivity contribution in [3.05, 3.63) is 88.5 Å². The first-order valence-corrected chi connectivity index (χ1v) is 13.0. The van der Waals surface area contributed by atoms with Crippen LogP contribution in [0.4, 0.5) is 11.4 Å². The van der Waals surface area contributed by atoms with E-state index in [9.17, 15) is 14.4 Å². The van der Waals surface area contributed by atoms with Gasteiger partial charge >= 0.3 is 5.97 Å². The highest BCUT2D eigenvalue weighted by Crippen LogP contribution is 2.26. The summed E-state index contributed by atoms with van der Waals surface area (Å²) in [6, 6.07) is 18.7. The highest BCUT2D eigenvalue weighted by molar-refractivity contribution is 8.00. The third-order valence-electron chi connectivity index (χ3n) is 5.81. The van der Waals surface area contributed by atoms with Gasteiger partial charge in [-0.25, -0.2) is 4.79 Å². The molecule has 0 fully saturated rings. The van der Waals surface area contributed by atoms with E-state index in [1.807, 2.05) is 64.1 Å². The fourth-order valence-electron chi connectivity index (χ4n) is 3.87. The molecule has 3 aromatic carbocycles. The third kappa shape index (κ3) is 6.98. The van der Waals surface area contributed by atoms with Crippen molar-refractivity contribution in [2.75, 3.05) is 23.0 Å². The monoisotopic (exact) mass is 504 g/mol. The van der Waals surface area contributed by atoms with Crippen LogP contribution in [0.3, 0.4) is 0 Å². The molecule has 0 aliphatic rings. The summed E-state index contributed by atoms with van der Waals surface area (Å²) in [6.45, 7) is 7.55. The number of esters is 1. The Bertz CT molecular complexity index is 1260. The molecule has 0 aliphatic carbocycles. The molecule has 0 heterocycles. The van der Waals surface area contributed by atoms with Gasteiger partial charge in [0.05, 0.1) is 11.3 Å². The summed E-state index contributed by atoms with van der Waals surface area (Å²) in [5.74, 6) is -1.03. The minimum absolute atomic E-state index is 0.134. The first-order valence-electron chi connectivity index (χ1n) is 12.0. The Kier molecular flexibility index (Phi) is 9.70. The van der Waals surface area contributed by atoms with E-state index < -0.39 is 18.5 Å². The number of carbonyl (C=O) groups is 3. The Morgan fingerprint density at radius 1 is 0.750 bits per heavy atom. The standard InChI is InChI=1S/C29H32N2O4S/c1-5-21-13-9-11-19(3)27(21)30-25(32)17-35-29(34)23-15-7-8-16-24(23)36-18-26(33)31-28-20(4)12-10-14-22(28)6-2/h7-16H,5-6,17-18H2,1-4H3,(H,30,32)(H,31,33). The molecule has 0 aliphatic heterocycles. The predicted molar refractivity (Wildman–Crippen MR) is 146 cm³/mol. The van der Waals surface area contributed by atoms with Gasteiger partial charge in [0.25, 0.3) is 5.91 Å². The van der Waals surface area contributed by atoms with Gasteiger partial charge in [-0.1, -0.05) is 62.4 Å². The number of rotatable bonds is 10. The van der Waals surface area contributed by atoms with Crippen molar-refractivity contribution in [3.63, 3.8) is 0 Å². The average molecular weight is 505 g/mol. The lowest BCUT2D eigenvalue weighted by molar-refractivity contribution is -0.119. The van der Waals surface area contributed by atoms with Gasteiger partial charge in [0.2, 0.25) is 5.91 Å². The number of para-hydroxylation sites is 2. The van der Waals surface area contributed by atoms with Gasteiger partial charge in [-0.15, -0.1) is 11.8 Å². The number of amides is 2. The van der Waals surface area contributed by atoms with Crippen LogP contribution >= 0.6 is 11.8 Å². The summed E-state index contributed by atoms with van der Waals surface area (Å²) in [5.41, 5.74) is 5.96. The molecule has 188 valence electrons. The first-order chi connectivity index (χ1) is 17.3. The molecule has 0 aromatic heterocycles. The molecule has 3 aromatic rings. The fraction of sp³-hybridized carbons (Fsp3) is 0.276. The number of ether oxygens (including phenoxy) is 1. The molecule has 2 N–H and O–H groups in total. The molecular weight excluding hydrogens is 472 g/mol. The highest BCUT2D eigenvalue weighted by Gasteiger charge is 2.17. The summed E-state index contributed by atoms with van der Waals surface area (Å²) in [7, 11) is 0. The molecule has 3 rings (SSSR count). The van der Waals surface area contributed by atoms with Crippen molar-refractivity contribution in [1.82, 2.24) is 0 Å². The number of hydrogen-bond donors (Lipinski definition) is 2. The molecule has 0 spiro atoms. The zero-order chi connectivity index (χ0) is 26.1. The molecule has 0 bridgehead atoms. The lowest BCUT2D eigenvalue weighted by Crippen LogP contribution is -2.22. The summed E-state index contributed by atoms with van der Waals surface area (Å²) in [4.78, 5) is 38.5. The lowest BCUT2D eigenvalue weighted by Gasteiger charge is -2.14. The van der Waals surface area contributed by atoms with Gasteiger partial charge < -0.3 is 15.4 Å². The Hall–Kier alpha value is -3.58. The van der Waals surface area contributed by atoms with Crippen LogP contribution in [0.2, 0.25) is 0 Å². The number of benzene rings is 3. The Labute approximate surface area is 216 Å². The van der Waals surface area contributed by atoms with Crippen molar-refractivity contribution >= 4 is 40.9 Å². The lowest BCUT2D eigenvalue weighted by atomic mass is 10.1. The smallest absolute Gasteiger partial charge is 0.339 e. The van der Waals surface area contributed by atoms with E-state index >= 15 is 0 Å². The number of hydrogen-bond acceptors (Lipinski definition) is 5. The Morgan fingerprint density at radius 3 is 1.89 bits per heavy atom. The Morgan fingerprint density at radius 2 is 1.31 bits per heavy atom. The maximum Gasteiger partial charge on any atom is 0.339 e. The molecule has 0 saturated carbocycles. The first kappa shape index (κ1) is 27.0. The van der Waals surface area contributed by atoms with E-state index in [0.717, 1.165) is 46.5 Å². The summed E-state index contributed by atoms with van der Waals surface area (Å²) >= 11 is 1.25. The van der Waals surface area contributed by atoms with Gasteiger partial charge in [0, 0.05) is 16.3 Å². The van der Waals surface area contributed by atoms with Crippen LogP contribution in [0.25, 0.3) is 0 Å². The molecule has 36 heavy (non-hydrogen) atoms. The van der Waals surface area contributed by atoms with Gasteiger partial charge in [0.1, 0.15) is 0 Å². The van der Waals surface area contributed by atoms with Gasteiger partial charge in [-0.2, -0.15) is 0 Å². The number of nitrogens with one attached hydrogen (secondary N) is 2. The maximum atomic E-state index is 12.8. The van der Waals surface area contributed by atoms with Crippen LogP contribution in [-0.2, 0) is 27.2 Å². The molecule has 0 atom stereocenters. The third-order valence-corrected chi connectivity index (χ3v) is 6.88. The van der Waals surface area contributed by atoms with Gasteiger partial charge in [-0.05, 0) is 61.1 Å². The second-order valence-corrected chi connectivity index (χ2v) is 9.40. The quantitative estimate of drug-likeness (QED) is 0.263. The van der Waals surface area contributed by atoms with Crippen molar-refractivity contribution < 1.29 is 19.1 Å². The van der Waals surface area contributed by atoms with E-state index in [4.69, 9.17) is 4.74 Å². The largest absolute Gasteiger partial charge is 0.452 e. The minimum atomic E-state index is -0.610. The fourth-order valence-corrected chi connectivity index (χ4v) is 4.71. The average Bonchev–Trinajstić information content (AvgIpc) is 2.88. The molecule has 7 heteroatoms. The molecule has 2 amide bonds. The number of aryl methyl sites for hydroxylation is 4. The maximum absolute atomic E-state index is 12.8. The van der Waals surface area contributed by atoms with Gasteiger partial charge in [0.15, 0.2) is 6.61 Å². The van der Waals surface area contributed by atoms with Crippen LogP contribution in [0.5, 0.6) is 0 Å². The summed E-state index contributed by atoms with van der Waals surface area (Å²) < 4.78 is 5.30. The molecule has 0 saturated heterocycles. The second-order valence-electron chi connectivity index (χ2n) is 8.38. The Balaban J connectivity index is 1.59.